The van der Waals surface area contributed by atoms with Crippen LogP contribution in [0, 0.1) is 0 Å². The second kappa shape index (κ2) is 20.4. The highest BCUT2D eigenvalue weighted by molar-refractivity contribution is 8.15. The average Bonchev–Trinajstić information content (AvgIpc) is 3.80. The van der Waals surface area contributed by atoms with Crippen LogP contribution >= 0.6 is 23.5 Å². The number of nitrogens with zero attached hydrogens (tertiary/aromatic N) is 3. The van der Waals surface area contributed by atoms with Gasteiger partial charge in [-0.15, -0.1) is 0 Å². The fourth-order valence-corrected chi connectivity index (χ4v) is 11.3. The second-order valence-corrected chi connectivity index (χ2v) is 18.6. The Kier molecular flexibility index (Phi) is 14.3. The van der Waals surface area contributed by atoms with E-state index < -0.39 is 16.0 Å². The van der Waals surface area contributed by atoms with Crippen molar-refractivity contribution in [1.29, 1.82) is 0 Å². The minimum Gasteiger partial charge on any atom is -0.396 e. The minimum atomic E-state index is -1.15. The van der Waals surface area contributed by atoms with E-state index in [1.165, 1.54) is 4.90 Å². The van der Waals surface area contributed by atoms with Crippen LogP contribution in [0.5, 0.6) is 0 Å². The molecule has 14 heteroatoms. The normalized spacial score (nSPS) is 18.3. The van der Waals surface area contributed by atoms with Crippen LogP contribution in [0.2, 0.25) is 0 Å². The van der Waals surface area contributed by atoms with Crippen molar-refractivity contribution in [2.75, 3.05) is 36.1 Å². The summed E-state index contributed by atoms with van der Waals surface area (Å²) in [5.41, 5.74) is 7.13. The van der Waals surface area contributed by atoms with E-state index in [2.05, 4.69) is 5.32 Å². The van der Waals surface area contributed by atoms with E-state index in [4.69, 9.17) is 5.11 Å². The fraction of sp³-hybridized carbons (Fsp3) is 0.294. The van der Waals surface area contributed by atoms with Gasteiger partial charge in [0.1, 0.15) is 5.54 Å². The van der Waals surface area contributed by atoms with Gasteiger partial charge in [0.25, 0.3) is 10.5 Å². The summed E-state index contributed by atoms with van der Waals surface area (Å²) in [7, 11) is 0. The van der Waals surface area contributed by atoms with Crippen molar-refractivity contribution >= 4 is 69.0 Å². The number of rotatable bonds is 14. The number of anilines is 2. The molecule has 65 heavy (non-hydrogen) atoms. The lowest BCUT2D eigenvalue weighted by atomic mass is 9.75. The van der Waals surface area contributed by atoms with Crippen molar-refractivity contribution in [3.8, 4) is 0 Å². The number of imide groups is 2. The molecule has 2 atom stereocenters. The molecule has 4 heterocycles. The molecular weight excluding hydrogens is 861 g/mol. The Morgan fingerprint density at radius 3 is 1.40 bits per heavy atom. The molecule has 0 spiro atoms. The van der Waals surface area contributed by atoms with E-state index in [1.54, 1.807) is 9.80 Å². The van der Waals surface area contributed by atoms with Gasteiger partial charge in [-0.3, -0.25) is 39.0 Å². The lowest BCUT2D eigenvalue weighted by molar-refractivity contribution is -0.129. The maximum Gasteiger partial charge on any atom is 0.290 e. The van der Waals surface area contributed by atoms with E-state index in [0.717, 1.165) is 73.8 Å². The third-order valence-corrected chi connectivity index (χ3v) is 14.4. The number of thioether (sulfide) groups is 2. The third-order valence-electron chi connectivity index (χ3n) is 12.3. The van der Waals surface area contributed by atoms with Gasteiger partial charge >= 0.3 is 0 Å². The number of aliphatic hydroxyl groups is 2. The highest BCUT2D eigenvalue weighted by Crippen LogP contribution is 2.48. The molecule has 4 aliphatic heterocycles. The van der Waals surface area contributed by atoms with Crippen molar-refractivity contribution in [3.63, 3.8) is 0 Å². The van der Waals surface area contributed by atoms with Gasteiger partial charge in [-0.25, -0.2) is 0 Å². The largest absolute Gasteiger partial charge is 0.396 e. The first-order valence-electron chi connectivity index (χ1n) is 21.9. The van der Waals surface area contributed by atoms with Gasteiger partial charge in [0.05, 0.1) is 10.5 Å². The van der Waals surface area contributed by atoms with Crippen LogP contribution in [0.25, 0.3) is 0 Å². The van der Waals surface area contributed by atoms with Gasteiger partial charge in [0.15, 0.2) is 0 Å². The molecule has 0 aromatic heterocycles. The molecule has 5 aromatic carbocycles. The molecule has 6 amide bonds. The molecule has 9 rings (SSSR count). The van der Waals surface area contributed by atoms with Gasteiger partial charge in [-0.1, -0.05) is 139 Å². The number of fused-ring (bicyclic) bond motifs is 2. The number of amides is 6. The van der Waals surface area contributed by atoms with Gasteiger partial charge in [0.2, 0.25) is 23.6 Å². The van der Waals surface area contributed by atoms with Crippen LogP contribution in [0.15, 0.2) is 127 Å². The van der Waals surface area contributed by atoms with E-state index in [1.807, 2.05) is 127 Å². The van der Waals surface area contributed by atoms with Crippen LogP contribution in [0.3, 0.4) is 0 Å². The summed E-state index contributed by atoms with van der Waals surface area (Å²) in [6.45, 7) is 0.988. The van der Waals surface area contributed by atoms with Gasteiger partial charge < -0.3 is 20.0 Å². The number of nitrogens with one attached hydrogen (secondary N) is 1. The smallest absolute Gasteiger partial charge is 0.290 e. The first-order valence-corrected chi connectivity index (χ1v) is 23.7. The number of carbonyl (C=O) groups excluding carboxylic acids is 6. The average molecular weight is 911 g/mol. The summed E-state index contributed by atoms with van der Waals surface area (Å²) in [6.07, 6.45) is 3.93. The Morgan fingerprint density at radius 2 is 0.985 bits per heavy atom. The van der Waals surface area contributed by atoms with Crippen molar-refractivity contribution in [1.82, 2.24) is 10.2 Å². The topological polar surface area (TPSA) is 165 Å². The number of benzene rings is 5. The van der Waals surface area contributed by atoms with Crippen LogP contribution < -0.4 is 15.1 Å². The summed E-state index contributed by atoms with van der Waals surface area (Å²) in [5.74, 6) is -0.379. The first kappa shape index (κ1) is 45.5. The molecule has 334 valence electrons. The molecule has 2 saturated heterocycles. The van der Waals surface area contributed by atoms with Crippen molar-refractivity contribution in [3.05, 3.63) is 166 Å². The highest BCUT2D eigenvalue weighted by atomic mass is 32.2. The van der Waals surface area contributed by atoms with Gasteiger partial charge in [-0.05, 0) is 89.6 Å². The van der Waals surface area contributed by atoms with E-state index >= 15 is 0 Å². The second-order valence-electron chi connectivity index (χ2n) is 16.2. The predicted molar refractivity (Wildman–Crippen MR) is 253 cm³/mol. The lowest BCUT2D eigenvalue weighted by Crippen LogP contribution is -2.51. The first-order chi connectivity index (χ1) is 31.6. The number of hydrogen-bond donors (Lipinski definition) is 3. The zero-order valence-electron chi connectivity index (χ0n) is 35.8. The maximum atomic E-state index is 14.5. The summed E-state index contributed by atoms with van der Waals surface area (Å²) in [4.78, 5) is 81.4. The zero-order chi connectivity index (χ0) is 45.5. The number of hydrogen-bond acceptors (Lipinski definition) is 10. The van der Waals surface area contributed by atoms with Crippen LogP contribution in [0.1, 0.15) is 64.6 Å². The molecule has 0 bridgehead atoms. The highest BCUT2D eigenvalue weighted by Gasteiger charge is 2.54. The molecule has 0 radical (unpaired) electrons. The molecule has 3 N–H and O–H groups in total. The Morgan fingerprint density at radius 1 is 0.538 bits per heavy atom. The predicted octanol–water partition coefficient (Wildman–Crippen LogP) is 7.19. The van der Waals surface area contributed by atoms with Crippen molar-refractivity contribution in [2.24, 2.45) is 0 Å². The Hall–Kier alpha value is -6.06. The Bertz CT molecular complexity index is 2480. The number of carbonyl (C=O) groups is 6. The molecule has 5 aromatic rings. The Labute approximate surface area is 386 Å². The molecular formula is C51H50N4O8S2. The molecule has 2 unspecified atom stereocenters. The summed E-state index contributed by atoms with van der Waals surface area (Å²) >= 11 is 2.10. The quantitative estimate of drug-likeness (QED) is 0.0972. The summed E-state index contributed by atoms with van der Waals surface area (Å²) in [5, 5.41) is 19.1. The zero-order valence-corrected chi connectivity index (χ0v) is 37.4. The summed E-state index contributed by atoms with van der Waals surface area (Å²) in [6, 6.07) is 40.8. The van der Waals surface area contributed by atoms with E-state index in [0.29, 0.717) is 64.5 Å². The molecule has 0 aliphatic carbocycles. The molecule has 4 aliphatic rings. The SMILES string of the molecule is O=C1CCc2c(CC3SC(=O)N(C(c4ccccc4)(c4ccccc4)c4ccccc4)C3=O)cccc2N1CCCO.O=C1NC(=O)C(Cc2cccc3c2CCC(=O)N3CCCO)S1. The van der Waals surface area contributed by atoms with Gasteiger partial charge in [-0.2, -0.15) is 0 Å². The van der Waals surface area contributed by atoms with Crippen molar-refractivity contribution in [2.45, 2.75) is 67.4 Å². The number of aliphatic hydroxyl groups excluding tert-OH is 2. The standard InChI is InChI=1S/C35H32N2O4S.C16H18N2O4S/c38-23-11-22-36-30-19-10-12-25(29(30)20-21-32(36)39)24-31-33(40)37(34(41)42-31)35(26-13-4-1-5-14-26,27-15-6-2-7-16-27)28-17-8-3-9-18-28;19-8-2-7-18-12-4-1-3-10(11(12)5-6-14(18)20)9-13-15(21)17-16(22)23-13/h1-10,12-19,31,38H,11,20-24H2;1,3-4,13,19H,2,5-9H2,(H,17,21,22). The maximum absolute atomic E-state index is 14.5. The van der Waals surface area contributed by atoms with Gasteiger partial charge in [0, 0.05) is 50.5 Å². The Balaban J connectivity index is 0.000000211. The third kappa shape index (κ3) is 9.26. The fourth-order valence-electron chi connectivity index (χ4n) is 9.40. The van der Waals surface area contributed by atoms with E-state index in [-0.39, 0.29) is 47.3 Å². The van der Waals surface area contributed by atoms with Crippen LogP contribution in [-0.4, -0.2) is 86.0 Å². The lowest BCUT2D eigenvalue weighted by Gasteiger charge is -2.42. The molecule has 12 nitrogen and oxygen atoms in total. The molecule has 0 saturated carbocycles. The van der Waals surface area contributed by atoms with Crippen LogP contribution in [0.4, 0.5) is 21.0 Å². The monoisotopic (exact) mass is 910 g/mol. The molecule has 2 fully saturated rings. The van der Waals surface area contributed by atoms with Crippen LogP contribution in [-0.2, 0) is 50.4 Å². The van der Waals surface area contributed by atoms with E-state index in [9.17, 15) is 33.9 Å². The van der Waals surface area contributed by atoms with Crippen molar-refractivity contribution < 1.29 is 39.0 Å². The summed E-state index contributed by atoms with van der Waals surface area (Å²) < 4.78 is 0. The minimum absolute atomic E-state index is 0.00988.